The van der Waals surface area contributed by atoms with Crippen LogP contribution in [0.15, 0.2) is 52.1 Å². The predicted octanol–water partition coefficient (Wildman–Crippen LogP) is 2.78. The molecule has 0 aliphatic carbocycles. The van der Waals surface area contributed by atoms with Crippen molar-refractivity contribution in [2.45, 2.75) is 26.5 Å². The van der Waals surface area contributed by atoms with E-state index in [-0.39, 0.29) is 0 Å². The van der Waals surface area contributed by atoms with Crippen LogP contribution in [0.1, 0.15) is 24.7 Å². The van der Waals surface area contributed by atoms with E-state index < -0.39 is 0 Å². The number of morpholine rings is 1. The quantitative estimate of drug-likeness (QED) is 0.363. The summed E-state index contributed by atoms with van der Waals surface area (Å²) in [5.74, 6) is 1.68. The summed E-state index contributed by atoms with van der Waals surface area (Å²) in [4.78, 5) is 7.16. The van der Waals surface area contributed by atoms with Crippen molar-refractivity contribution >= 4 is 11.6 Å². The second-order valence-corrected chi connectivity index (χ2v) is 6.84. The van der Waals surface area contributed by atoms with Crippen LogP contribution in [0, 0.1) is 0 Å². The number of furan rings is 1. The van der Waals surface area contributed by atoms with Gasteiger partial charge >= 0.3 is 0 Å². The van der Waals surface area contributed by atoms with Crippen molar-refractivity contribution in [1.29, 1.82) is 0 Å². The smallest absolute Gasteiger partial charge is 0.191 e. The normalized spacial score (nSPS) is 14.8. The van der Waals surface area contributed by atoms with Gasteiger partial charge in [-0.15, -0.1) is 0 Å². The van der Waals surface area contributed by atoms with Gasteiger partial charge in [-0.1, -0.05) is 18.2 Å². The summed E-state index contributed by atoms with van der Waals surface area (Å²) in [6.07, 6.45) is 2.56. The van der Waals surface area contributed by atoms with E-state index >= 15 is 0 Å². The Kier molecular flexibility index (Phi) is 8.88. The summed E-state index contributed by atoms with van der Waals surface area (Å²) in [5.41, 5.74) is 2.48. The number of aliphatic imine (C=N–C) groups is 1. The van der Waals surface area contributed by atoms with Gasteiger partial charge in [0.15, 0.2) is 5.96 Å². The Morgan fingerprint density at radius 2 is 2.00 bits per heavy atom. The largest absolute Gasteiger partial charge is 0.467 e. The lowest BCUT2D eigenvalue weighted by atomic mass is 10.1. The van der Waals surface area contributed by atoms with E-state index in [0.717, 1.165) is 57.5 Å². The van der Waals surface area contributed by atoms with Crippen molar-refractivity contribution in [3.05, 3.63) is 54.0 Å². The predicted molar refractivity (Wildman–Crippen MR) is 115 cm³/mol. The molecule has 1 aromatic heterocycles. The highest BCUT2D eigenvalue weighted by molar-refractivity contribution is 5.79. The molecule has 0 atom stereocenters. The maximum Gasteiger partial charge on any atom is 0.191 e. The fourth-order valence-corrected chi connectivity index (χ4v) is 3.21. The lowest BCUT2D eigenvalue weighted by Crippen LogP contribution is -2.38. The SMILES string of the molecule is CCNC(=NCc1ccccc1N1CCOCC1)NCCCOCc1ccco1. The number of benzene rings is 1. The van der Waals surface area contributed by atoms with Crippen molar-refractivity contribution in [3.63, 3.8) is 0 Å². The highest BCUT2D eigenvalue weighted by atomic mass is 16.5. The number of nitrogens with one attached hydrogen (secondary N) is 2. The van der Waals surface area contributed by atoms with Crippen LogP contribution in [0.4, 0.5) is 5.69 Å². The van der Waals surface area contributed by atoms with Crippen LogP contribution in [0.25, 0.3) is 0 Å². The Hall–Kier alpha value is -2.51. The molecule has 1 aromatic carbocycles. The summed E-state index contributed by atoms with van der Waals surface area (Å²) < 4.78 is 16.4. The van der Waals surface area contributed by atoms with Crippen molar-refractivity contribution in [2.75, 3.05) is 50.9 Å². The molecule has 1 aliphatic heterocycles. The molecule has 1 aliphatic rings. The second kappa shape index (κ2) is 12.1. The van der Waals surface area contributed by atoms with Gasteiger partial charge in [-0.05, 0) is 37.1 Å². The summed E-state index contributed by atoms with van der Waals surface area (Å²) in [6, 6.07) is 12.3. The molecule has 29 heavy (non-hydrogen) atoms. The Bertz CT molecular complexity index is 727. The average molecular weight is 401 g/mol. The first-order valence-electron chi connectivity index (χ1n) is 10.4. The second-order valence-electron chi connectivity index (χ2n) is 6.84. The minimum Gasteiger partial charge on any atom is -0.467 e. The number of hydrogen-bond donors (Lipinski definition) is 2. The topological polar surface area (TPSA) is 71.3 Å². The highest BCUT2D eigenvalue weighted by Gasteiger charge is 2.14. The molecular formula is C22H32N4O3. The number of nitrogens with zero attached hydrogens (tertiary/aromatic N) is 2. The molecular weight excluding hydrogens is 368 g/mol. The van der Waals surface area contributed by atoms with Crippen molar-refractivity contribution in [3.8, 4) is 0 Å². The van der Waals surface area contributed by atoms with E-state index in [4.69, 9.17) is 18.9 Å². The Balaban J connectivity index is 1.46. The van der Waals surface area contributed by atoms with Gasteiger partial charge in [0.1, 0.15) is 12.4 Å². The van der Waals surface area contributed by atoms with Crippen LogP contribution in [0.3, 0.4) is 0 Å². The zero-order valence-electron chi connectivity index (χ0n) is 17.2. The van der Waals surface area contributed by atoms with E-state index in [1.807, 2.05) is 12.1 Å². The molecule has 2 aromatic rings. The van der Waals surface area contributed by atoms with Crippen LogP contribution in [0.2, 0.25) is 0 Å². The van der Waals surface area contributed by atoms with Gasteiger partial charge in [-0.3, -0.25) is 0 Å². The molecule has 0 saturated carbocycles. The van der Waals surface area contributed by atoms with Gasteiger partial charge in [0.05, 0.1) is 26.0 Å². The van der Waals surface area contributed by atoms with Crippen LogP contribution in [-0.2, 0) is 22.6 Å². The number of rotatable bonds is 10. The summed E-state index contributed by atoms with van der Waals surface area (Å²) in [5, 5.41) is 6.70. The number of hydrogen-bond acceptors (Lipinski definition) is 5. The highest BCUT2D eigenvalue weighted by Crippen LogP contribution is 2.22. The summed E-state index contributed by atoms with van der Waals surface area (Å²) in [6.45, 7) is 8.94. The van der Waals surface area contributed by atoms with Crippen molar-refractivity contribution in [1.82, 2.24) is 10.6 Å². The molecule has 158 valence electrons. The first kappa shape index (κ1) is 21.2. The van der Waals surface area contributed by atoms with Gasteiger partial charge in [0, 0.05) is 38.5 Å². The maximum atomic E-state index is 5.62. The van der Waals surface area contributed by atoms with Gasteiger partial charge in [-0.25, -0.2) is 4.99 Å². The van der Waals surface area contributed by atoms with E-state index in [2.05, 4.69) is 46.7 Å². The van der Waals surface area contributed by atoms with E-state index in [1.165, 1.54) is 11.3 Å². The maximum absolute atomic E-state index is 5.62. The van der Waals surface area contributed by atoms with E-state index in [0.29, 0.717) is 19.8 Å². The molecule has 7 nitrogen and oxygen atoms in total. The van der Waals surface area contributed by atoms with Crippen LogP contribution in [0.5, 0.6) is 0 Å². The number of ether oxygens (including phenoxy) is 2. The molecule has 0 radical (unpaired) electrons. The summed E-state index contributed by atoms with van der Waals surface area (Å²) >= 11 is 0. The van der Waals surface area contributed by atoms with Gasteiger partial charge in [0.25, 0.3) is 0 Å². The molecule has 7 heteroatoms. The Morgan fingerprint density at radius 3 is 2.79 bits per heavy atom. The first-order chi connectivity index (χ1) is 14.4. The molecule has 0 bridgehead atoms. The van der Waals surface area contributed by atoms with Gasteiger partial charge < -0.3 is 29.4 Å². The fraction of sp³-hybridized carbons (Fsp3) is 0.500. The van der Waals surface area contributed by atoms with Crippen LogP contribution >= 0.6 is 0 Å². The third-order valence-electron chi connectivity index (χ3n) is 4.68. The van der Waals surface area contributed by atoms with Crippen LogP contribution < -0.4 is 15.5 Å². The zero-order valence-corrected chi connectivity index (χ0v) is 17.2. The number of para-hydroxylation sites is 1. The van der Waals surface area contributed by atoms with Gasteiger partial charge in [-0.2, -0.15) is 0 Å². The summed E-state index contributed by atoms with van der Waals surface area (Å²) in [7, 11) is 0. The number of anilines is 1. The molecule has 2 N–H and O–H groups in total. The molecule has 1 fully saturated rings. The van der Waals surface area contributed by atoms with Gasteiger partial charge in [0.2, 0.25) is 0 Å². The minimum atomic E-state index is 0.513. The molecule has 3 rings (SSSR count). The Labute approximate surface area is 173 Å². The number of guanidine groups is 1. The molecule has 2 heterocycles. The standard InChI is InChI=1S/C22H32N4O3/c1-2-23-22(24-10-6-13-28-18-20-8-5-14-29-20)25-17-19-7-3-4-9-21(19)26-11-15-27-16-12-26/h3-5,7-9,14H,2,6,10-13,15-18H2,1H3,(H2,23,24,25). The average Bonchev–Trinajstić information content (AvgIpc) is 3.29. The third-order valence-corrected chi connectivity index (χ3v) is 4.68. The fourth-order valence-electron chi connectivity index (χ4n) is 3.21. The third kappa shape index (κ3) is 7.11. The van der Waals surface area contributed by atoms with Crippen molar-refractivity contribution < 1.29 is 13.9 Å². The molecule has 0 amide bonds. The lowest BCUT2D eigenvalue weighted by Gasteiger charge is -2.30. The molecule has 0 unspecified atom stereocenters. The molecule has 1 saturated heterocycles. The monoisotopic (exact) mass is 400 g/mol. The Morgan fingerprint density at radius 1 is 1.14 bits per heavy atom. The molecule has 0 spiro atoms. The zero-order chi connectivity index (χ0) is 20.2. The first-order valence-corrected chi connectivity index (χ1v) is 10.4. The lowest BCUT2D eigenvalue weighted by molar-refractivity contribution is 0.105. The van der Waals surface area contributed by atoms with Crippen molar-refractivity contribution in [2.24, 2.45) is 4.99 Å². The minimum absolute atomic E-state index is 0.513. The van der Waals surface area contributed by atoms with Crippen LogP contribution in [-0.4, -0.2) is 52.0 Å². The van der Waals surface area contributed by atoms with E-state index in [1.54, 1.807) is 6.26 Å². The van der Waals surface area contributed by atoms with E-state index in [9.17, 15) is 0 Å².